The number of hydrogen-bond donors (Lipinski definition) is 0. The summed E-state index contributed by atoms with van der Waals surface area (Å²) in [6.07, 6.45) is 0.651. The predicted octanol–water partition coefficient (Wildman–Crippen LogP) is 6.08. The van der Waals surface area contributed by atoms with Gasteiger partial charge in [-0.25, -0.2) is 8.78 Å². The van der Waals surface area contributed by atoms with Gasteiger partial charge in [-0.3, -0.25) is 5.01 Å². The molecule has 0 aromatic heterocycles. The van der Waals surface area contributed by atoms with E-state index in [1.54, 1.807) is 24.3 Å². The first-order valence-electron chi connectivity index (χ1n) is 8.24. The lowest BCUT2D eigenvalue weighted by Crippen LogP contribution is -2.18. The van der Waals surface area contributed by atoms with Crippen molar-refractivity contribution >= 4 is 27.3 Å². The van der Waals surface area contributed by atoms with Crippen molar-refractivity contribution in [2.45, 2.75) is 12.5 Å². The van der Waals surface area contributed by atoms with Gasteiger partial charge >= 0.3 is 0 Å². The van der Waals surface area contributed by atoms with Crippen molar-refractivity contribution in [3.05, 3.63) is 100 Å². The smallest absolute Gasteiger partial charge is 0.123 e. The topological polar surface area (TPSA) is 15.6 Å². The summed E-state index contributed by atoms with van der Waals surface area (Å²) in [5, 5.41) is 6.74. The van der Waals surface area contributed by atoms with Crippen LogP contribution in [0.3, 0.4) is 0 Å². The van der Waals surface area contributed by atoms with Crippen molar-refractivity contribution in [1.29, 1.82) is 0 Å². The molecule has 1 aliphatic heterocycles. The number of para-hydroxylation sites is 1. The van der Waals surface area contributed by atoms with Crippen molar-refractivity contribution in [1.82, 2.24) is 0 Å². The van der Waals surface area contributed by atoms with Gasteiger partial charge in [0.05, 0.1) is 17.4 Å². The summed E-state index contributed by atoms with van der Waals surface area (Å²) in [5.74, 6) is -0.538. The van der Waals surface area contributed by atoms with Crippen molar-refractivity contribution in [3.8, 4) is 0 Å². The maximum Gasteiger partial charge on any atom is 0.123 e. The fraction of sp³-hybridized carbons (Fsp3) is 0.0952. The average molecular weight is 413 g/mol. The number of nitrogens with zero attached hydrogens (tertiary/aromatic N) is 2. The summed E-state index contributed by atoms with van der Waals surface area (Å²) in [5.41, 5.74) is 3.66. The Morgan fingerprint density at radius 1 is 0.846 bits per heavy atom. The highest BCUT2D eigenvalue weighted by Crippen LogP contribution is 2.39. The summed E-state index contributed by atoms with van der Waals surface area (Å²) in [7, 11) is 0. The van der Waals surface area contributed by atoms with E-state index in [1.807, 2.05) is 29.3 Å². The first-order chi connectivity index (χ1) is 12.6. The second-order valence-corrected chi connectivity index (χ2v) is 6.98. The second-order valence-electron chi connectivity index (χ2n) is 6.12. The summed E-state index contributed by atoms with van der Waals surface area (Å²) >= 11 is 3.58. The van der Waals surface area contributed by atoms with Crippen LogP contribution in [0.15, 0.2) is 82.4 Å². The highest BCUT2D eigenvalue weighted by atomic mass is 79.9. The lowest BCUT2D eigenvalue weighted by molar-refractivity contribution is 0.624. The van der Waals surface area contributed by atoms with Crippen LogP contribution in [0.25, 0.3) is 0 Å². The van der Waals surface area contributed by atoms with Crippen LogP contribution < -0.4 is 5.01 Å². The molecule has 0 fully saturated rings. The first kappa shape index (κ1) is 16.9. The van der Waals surface area contributed by atoms with E-state index < -0.39 is 0 Å². The molecule has 4 rings (SSSR count). The second kappa shape index (κ2) is 7.00. The summed E-state index contributed by atoms with van der Waals surface area (Å²) in [4.78, 5) is 0. The molecule has 0 amide bonds. The Morgan fingerprint density at radius 2 is 1.46 bits per heavy atom. The van der Waals surface area contributed by atoms with Gasteiger partial charge in [0.25, 0.3) is 0 Å². The third kappa shape index (κ3) is 3.27. The number of rotatable bonds is 3. The molecule has 0 unspecified atom stereocenters. The number of benzene rings is 3. The Bertz CT molecular complexity index is 953. The third-order valence-corrected chi connectivity index (χ3v) is 5.11. The molecule has 0 spiro atoms. The molecule has 26 heavy (non-hydrogen) atoms. The molecular weight excluding hydrogens is 398 g/mol. The average Bonchev–Trinajstić information content (AvgIpc) is 3.08. The monoisotopic (exact) mass is 412 g/mol. The van der Waals surface area contributed by atoms with E-state index in [-0.39, 0.29) is 17.7 Å². The molecule has 3 aromatic carbocycles. The fourth-order valence-corrected chi connectivity index (χ4v) is 3.60. The first-order valence-corrected chi connectivity index (χ1v) is 9.04. The normalized spacial score (nSPS) is 16.7. The van der Waals surface area contributed by atoms with E-state index >= 15 is 0 Å². The van der Waals surface area contributed by atoms with Crippen LogP contribution in [-0.4, -0.2) is 5.71 Å². The maximum absolute atomic E-state index is 13.4. The zero-order chi connectivity index (χ0) is 18.1. The molecule has 0 aliphatic carbocycles. The molecule has 0 radical (unpaired) electrons. The molecule has 1 aliphatic rings. The Kier molecular flexibility index (Phi) is 4.55. The van der Waals surface area contributed by atoms with Gasteiger partial charge in [-0.2, -0.15) is 5.10 Å². The van der Waals surface area contributed by atoms with E-state index in [0.717, 1.165) is 27.0 Å². The summed E-state index contributed by atoms with van der Waals surface area (Å²) in [6.45, 7) is 0. The van der Waals surface area contributed by atoms with Gasteiger partial charge in [0, 0.05) is 10.9 Å². The number of hydrazone groups is 1. The van der Waals surface area contributed by atoms with E-state index in [4.69, 9.17) is 5.10 Å². The zero-order valence-corrected chi connectivity index (χ0v) is 15.3. The molecule has 0 N–H and O–H groups in total. The van der Waals surface area contributed by atoms with Gasteiger partial charge in [0.2, 0.25) is 0 Å². The van der Waals surface area contributed by atoms with Crippen molar-refractivity contribution in [2.24, 2.45) is 5.10 Å². The minimum absolute atomic E-state index is 0.0608. The van der Waals surface area contributed by atoms with Crippen molar-refractivity contribution in [2.75, 3.05) is 5.01 Å². The zero-order valence-electron chi connectivity index (χ0n) is 13.7. The minimum Gasteiger partial charge on any atom is -0.256 e. The quantitative estimate of drug-likeness (QED) is 0.508. The van der Waals surface area contributed by atoms with Gasteiger partial charge in [-0.1, -0.05) is 36.4 Å². The number of hydrogen-bond acceptors (Lipinski definition) is 2. The standard InChI is InChI=1S/C21H15BrF2N2/c22-18-3-1-2-4-20(18)26-21(15-7-11-17(24)12-8-15)13-19(25-26)14-5-9-16(23)10-6-14/h1-12,21H,13H2/t21-/m1/s1. The predicted molar refractivity (Wildman–Crippen MR) is 103 cm³/mol. The third-order valence-electron chi connectivity index (χ3n) is 4.44. The van der Waals surface area contributed by atoms with E-state index in [1.165, 1.54) is 24.3 Å². The van der Waals surface area contributed by atoms with Gasteiger partial charge < -0.3 is 0 Å². The van der Waals surface area contributed by atoms with Crippen LogP contribution in [0.4, 0.5) is 14.5 Å². The number of halogens is 3. The van der Waals surface area contributed by atoms with Crippen molar-refractivity contribution in [3.63, 3.8) is 0 Å². The van der Waals surface area contributed by atoms with Crippen LogP contribution in [-0.2, 0) is 0 Å². The highest BCUT2D eigenvalue weighted by Gasteiger charge is 2.30. The molecule has 0 bridgehead atoms. The van der Waals surface area contributed by atoms with Gasteiger partial charge in [-0.05, 0) is 63.5 Å². The Balaban J connectivity index is 1.77. The fourth-order valence-electron chi connectivity index (χ4n) is 3.13. The van der Waals surface area contributed by atoms with Gasteiger partial charge in [-0.15, -0.1) is 0 Å². The van der Waals surface area contributed by atoms with Crippen LogP contribution in [0.2, 0.25) is 0 Å². The van der Waals surface area contributed by atoms with Crippen LogP contribution in [0.1, 0.15) is 23.6 Å². The lowest BCUT2D eigenvalue weighted by atomic mass is 9.98. The largest absolute Gasteiger partial charge is 0.256 e. The molecule has 1 heterocycles. The molecule has 1 atom stereocenters. The SMILES string of the molecule is Fc1ccc(C2=NN(c3ccccc3Br)[C@@H](c3ccc(F)cc3)C2)cc1. The molecule has 3 aromatic rings. The van der Waals surface area contributed by atoms with E-state index in [0.29, 0.717) is 6.42 Å². The van der Waals surface area contributed by atoms with Gasteiger partial charge in [0.1, 0.15) is 11.6 Å². The summed E-state index contributed by atoms with van der Waals surface area (Å²) < 4.78 is 27.5. The van der Waals surface area contributed by atoms with Crippen LogP contribution in [0, 0.1) is 11.6 Å². The summed E-state index contributed by atoms with van der Waals surface area (Å²) in [6, 6.07) is 20.6. The molecule has 0 saturated carbocycles. The molecule has 5 heteroatoms. The molecule has 2 nitrogen and oxygen atoms in total. The minimum atomic E-state index is -0.273. The Hall–Kier alpha value is -2.53. The molecule has 130 valence electrons. The molecule has 0 saturated heterocycles. The number of anilines is 1. The van der Waals surface area contributed by atoms with Gasteiger partial charge in [0.15, 0.2) is 0 Å². The molecular formula is C21H15BrF2N2. The Labute approximate surface area is 158 Å². The van der Waals surface area contributed by atoms with E-state index in [2.05, 4.69) is 15.9 Å². The van der Waals surface area contributed by atoms with Crippen molar-refractivity contribution < 1.29 is 8.78 Å². The maximum atomic E-state index is 13.4. The van der Waals surface area contributed by atoms with Crippen LogP contribution >= 0.6 is 15.9 Å². The van der Waals surface area contributed by atoms with E-state index in [9.17, 15) is 8.78 Å². The highest BCUT2D eigenvalue weighted by molar-refractivity contribution is 9.10. The lowest BCUT2D eigenvalue weighted by Gasteiger charge is -2.25. The van der Waals surface area contributed by atoms with Crippen LogP contribution in [0.5, 0.6) is 0 Å². The Morgan fingerprint density at radius 3 is 2.12 bits per heavy atom.